The van der Waals surface area contributed by atoms with E-state index in [-0.39, 0.29) is 0 Å². The van der Waals surface area contributed by atoms with E-state index in [1.807, 2.05) is 19.4 Å². The highest BCUT2D eigenvalue weighted by Crippen LogP contribution is 2.43. The molecule has 0 radical (unpaired) electrons. The fraction of sp³-hybridized carbons (Fsp3) is 0.250. The molecule has 3 aromatic rings. The van der Waals surface area contributed by atoms with Gasteiger partial charge in [0.1, 0.15) is 0 Å². The highest BCUT2D eigenvalue weighted by molar-refractivity contribution is 5.67. The maximum absolute atomic E-state index is 5.98. The SMILES string of the molecule is CNc1cc(Cn2cnc(C3CC3)c2-c2ccccc2)ccc1N. The first-order valence-corrected chi connectivity index (χ1v) is 8.43. The summed E-state index contributed by atoms with van der Waals surface area (Å²) in [6.07, 6.45) is 4.48. The molecule has 1 aliphatic carbocycles. The van der Waals surface area contributed by atoms with Crippen molar-refractivity contribution < 1.29 is 0 Å². The molecule has 4 nitrogen and oxygen atoms in total. The number of anilines is 2. The van der Waals surface area contributed by atoms with Crippen LogP contribution in [0.1, 0.15) is 30.0 Å². The fourth-order valence-corrected chi connectivity index (χ4v) is 3.20. The van der Waals surface area contributed by atoms with E-state index in [9.17, 15) is 0 Å². The predicted molar refractivity (Wildman–Crippen MR) is 99.1 cm³/mol. The van der Waals surface area contributed by atoms with Crippen molar-refractivity contribution >= 4 is 11.4 Å². The van der Waals surface area contributed by atoms with Crippen molar-refractivity contribution in [2.45, 2.75) is 25.3 Å². The molecule has 0 saturated heterocycles. The molecule has 0 unspecified atom stereocenters. The van der Waals surface area contributed by atoms with Crippen LogP contribution in [0.4, 0.5) is 11.4 Å². The summed E-state index contributed by atoms with van der Waals surface area (Å²) in [4.78, 5) is 4.73. The van der Waals surface area contributed by atoms with Crippen molar-refractivity contribution in [1.82, 2.24) is 9.55 Å². The van der Waals surface area contributed by atoms with Gasteiger partial charge in [0, 0.05) is 25.1 Å². The number of nitrogen functional groups attached to an aromatic ring is 1. The number of imidazole rings is 1. The summed E-state index contributed by atoms with van der Waals surface area (Å²) in [7, 11) is 1.90. The fourth-order valence-electron chi connectivity index (χ4n) is 3.20. The molecule has 2 aromatic carbocycles. The van der Waals surface area contributed by atoms with Crippen LogP contribution in [0.15, 0.2) is 54.9 Å². The van der Waals surface area contributed by atoms with E-state index in [0.29, 0.717) is 5.92 Å². The van der Waals surface area contributed by atoms with E-state index in [1.54, 1.807) is 0 Å². The van der Waals surface area contributed by atoms with Gasteiger partial charge in [-0.25, -0.2) is 4.98 Å². The van der Waals surface area contributed by atoms with E-state index < -0.39 is 0 Å². The highest BCUT2D eigenvalue weighted by Gasteiger charge is 2.30. The molecule has 0 amide bonds. The lowest BCUT2D eigenvalue weighted by Gasteiger charge is -2.12. The van der Waals surface area contributed by atoms with Crippen molar-refractivity contribution in [3.8, 4) is 11.3 Å². The normalized spacial score (nSPS) is 13.9. The van der Waals surface area contributed by atoms with Gasteiger partial charge < -0.3 is 15.6 Å². The molecule has 0 spiro atoms. The first-order chi connectivity index (χ1) is 11.8. The molecule has 1 aliphatic rings. The number of benzene rings is 2. The molecule has 0 bridgehead atoms. The number of aromatic nitrogens is 2. The van der Waals surface area contributed by atoms with Gasteiger partial charge in [-0.3, -0.25) is 0 Å². The van der Waals surface area contributed by atoms with Crippen molar-refractivity contribution in [3.05, 3.63) is 66.1 Å². The van der Waals surface area contributed by atoms with Crippen LogP contribution < -0.4 is 11.1 Å². The molecule has 1 aromatic heterocycles. The Balaban J connectivity index is 1.73. The average Bonchev–Trinajstić information content (AvgIpc) is 3.38. The van der Waals surface area contributed by atoms with Gasteiger partial charge in [-0.1, -0.05) is 36.4 Å². The zero-order valence-corrected chi connectivity index (χ0v) is 13.9. The number of hydrogen-bond donors (Lipinski definition) is 2. The number of nitrogens with zero attached hydrogens (tertiary/aromatic N) is 2. The van der Waals surface area contributed by atoms with Crippen LogP contribution in [-0.4, -0.2) is 16.6 Å². The van der Waals surface area contributed by atoms with Crippen molar-refractivity contribution in [3.63, 3.8) is 0 Å². The summed E-state index contributed by atoms with van der Waals surface area (Å²) in [5.74, 6) is 0.626. The van der Waals surface area contributed by atoms with Gasteiger partial charge >= 0.3 is 0 Å². The summed E-state index contributed by atoms with van der Waals surface area (Å²) >= 11 is 0. The monoisotopic (exact) mass is 318 g/mol. The lowest BCUT2D eigenvalue weighted by atomic mass is 10.1. The van der Waals surface area contributed by atoms with E-state index in [4.69, 9.17) is 10.7 Å². The minimum Gasteiger partial charge on any atom is -0.397 e. The average molecular weight is 318 g/mol. The van der Waals surface area contributed by atoms with Crippen molar-refractivity contribution in [1.29, 1.82) is 0 Å². The largest absolute Gasteiger partial charge is 0.397 e. The minimum absolute atomic E-state index is 0.626. The molecule has 1 saturated carbocycles. The van der Waals surface area contributed by atoms with E-state index in [2.05, 4.69) is 52.3 Å². The molecule has 24 heavy (non-hydrogen) atoms. The molecule has 4 rings (SSSR count). The van der Waals surface area contributed by atoms with E-state index in [0.717, 1.165) is 17.9 Å². The van der Waals surface area contributed by atoms with Gasteiger partial charge in [0.05, 0.1) is 29.1 Å². The van der Waals surface area contributed by atoms with Gasteiger partial charge in [0.15, 0.2) is 0 Å². The van der Waals surface area contributed by atoms with E-state index >= 15 is 0 Å². The standard InChI is InChI=1S/C20H22N4/c1-22-18-11-14(7-10-17(18)21)12-24-13-23-19(15-8-9-15)20(24)16-5-3-2-4-6-16/h2-7,10-11,13,15,22H,8-9,12,21H2,1H3. The summed E-state index contributed by atoms with van der Waals surface area (Å²) in [5.41, 5.74) is 12.7. The Morgan fingerprint density at radius 1 is 1.17 bits per heavy atom. The van der Waals surface area contributed by atoms with Crippen LogP contribution >= 0.6 is 0 Å². The first kappa shape index (κ1) is 14.8. The summed E-state index contributed by atoms with van der Waals surface area (Å²) < 4.78 is 2.26. The maximum atomic E-state index is 5.98. The Kier molecular flexibility index (Phi) is 3.73. The van der Waals surface area contributed by atoms with Gasteiger partial charge in [0.25, 0.3) is 0 Å². The Labute approximate surface area is 142 Å². The lowest BCUT2D eigenvalue weighted by Crippen LogP contribution is -2.03. The van der Waals surface area contributed by atoms with Gasteiger partial charge in [0.2, 0.25) is 0 Å². The number of rotatable bonds is 5. The molecule has 122 valence electrons. The van der Waals surface area contributed by atoms with Crippen molar-refractivity contribution in [2.24, 2.45) is 0 Å². The van der Waals surface area contributed by atoms with Crippen molar-refractivity contribution in [2.75, 3.05) is 18.1 Å². The first-order valence-electron chi connectivity index (χ1n) is 8.43. The Bertz CT molecular complexity index is 847. The number of nitrogens with one attached hydrogen (secondary N) is 1. The molecular formula is C20H22N4. The Morgan fingerprint density at radius 3 is 2.67 bits per heavy atom. The second-order valence-corrected chi connectivity index (χ2v) is 6.42. The van der Waals surface area contributed by atoms with Gasteiger partial charge in [-0.05, 0) is 30.5 Å². The summed E-state index contributed by atoms with van der Waals surface area (Å²) in [6, 6.07) is 16.7. The molecule has 0 atom stereocenters. The molecule has 0 aliphatic heterocycles. The quantitative estimate of drug-likeness (QED) is 0.696. The topological polar surface area (TPSA) is 55.9 Å². The van der Waals surface area contributed by atoms with Gasteiger partial charge in [-0.15, -0.1) is 0 Å². The molecular weight excluding hydrogens is 296 g/mol. The third-order valence-corrected chi connectivity index (χ3v) is 4.62. The third kappa shape index (κ3) is 2.75. The van der Waals surface area contributed by atoms with Crippen LogP contribution in [0.2, 0.25) is 0 Å². The maximum Gasteiger partial charge on any atom is 0.0957 e. The van der Waals surface area contributed by atoms with Crippen LogP contribution in [-0.2, 0) is 6.54 Å². The minimum atomic E-state index is 0.626. The highest BCUT2D eigenvalue weighted by atomic mass is 15.1. The van der Waals surface area contributed by atoms with Gasteiger partial charge in [-0.2, -0.15) is 0 Å². The lowest BCUT2D eigenvalue weighted by molar-refractivity contribution is 0.804. The summed E-state index contributed by atoms with van der Waals surface area (Å²) in [6.45, 7) is 0.791. The second-order valence-electron chi connectivity index (χ2n) is 6.42. The third-order valence-electron chi connectivity index (χ3n) is 4.62. The second kappa shape index (κ2) is 6.04. The molecule has 4 heteroatoms. The van der Waals surface area contributed by atoms with Crippen LogP contribution in [0.3, 0.4) is 0 Å². The van der Waals surface area contributed by atoms with Crippen LogP contribution in [0.5, 0.6) is 0 Å². The molecule has 1 fully saturated rings. The molecule has 3 N–H and O–H groups in total. The summed E-state index contributed by atoms with van der Waals surface area (Å²) in [5, 5.41) is 3.15. The van der Waals surface area contributed by atoms with E-state index in [1.165, 1.54) is 35.4 Å². The van der Waals surface area contributed by atoms with Crippen LogP contribution in [0, 0.1) is 0 Å². The molecule has 1 heterocycles. The predicted octanol–water partition coefficient (Wildman–Crippen LogP) is 4.10. The zero-order chi connectivity index (χ0) is 16.5. The Hall–Kier alpha value is -2.75. The smallest absolute Gasteiger partial charge is 0.0957 e. The number of hydrogen-bond acceptors (Lipinski definition) is 3. The number of nitrogens with two attached hydrogens (primary N) is 1. The van der Waals surface area contributed by atoms with Crippen LogP contribution in [0.25, 0.3) is 11.3 Å². The Morgan fingerprint density at radius 2 is 1.96 bits per heavy atom. The zero-order valence-electron chi connectivity index (χ0n) is 13.9.